The van der Waals surface area contributed by atoms with Crippen LogP contribution in [0.3, 0.4) is 0 Å². The molecule has 3 aromatic rings. The maximum absolute atomic E-state index is 13.6. The summed E-state index contributed by atoms with van der Waals surface area (Å²) in [5.41, 5.74) is 5.91. The maximum atomic E-state index is 13.6. The Morgan fingerprint density at radius 1 is 1.00 bits per heavy atom. The standard InChI is InChI=1S/C42H55ClN2O8/c1-27(5-4-8-39(49)45(30-15-21-52-22-16-30)25-36(47)40(50)41(51)37(48)26-46)28-9-12-35(43)29(23-28)13-17-42(18-19-42)34-24-44-20-14-32(34)33-6-2-3-7-38(33)53-31-10-11-31/h2-3,6-7,9,12,14,20,23-24,27,30-31,36-37,40-41,46-48,50-51H,4-5,8,10-11,13,15-19,21-22,25-26H2,1H3/t27?,36-,37+,40+,41+/m1/s1. The average molecular weight is 751 g/mol. The van der Waals surface area contributed by atoms with Gasteiger partial charge in [-0.2, -0.15) is 0 Å². The highest BCUT2D eigenvalue weighted by Crippen LogP contribution is 2.55. The Bertz CT molecular complexity index is 1660. The molecule has 1 aliphatic heterocycles. The zero-order valence-electron chi connectivity index (χ0n) is 30.7. The summed E-state index contributed by atoms with van der Waals surface area (Å²) in [4.78, 5) is 19.7. The van der Waals surface area contributed by atoms with Crippen molar-refractivity contribution in [2.75, 3.05) is 26.4 Å². The third-order valence-electron chi connectivity index (χ3n) is 11.4. The van der Waals surface area contributed by atoms with Crippen molar-refractivity contribution in [2.24, 2.45) is 0 Å². The molecule has 3 fully saturated rings. The lowest BCUT2D eigenvalue weighted by molar-refractivity contribution is -0.145. The Morgan fingerprint density at radius 2 is 1.74 bits per heavy atom. The lowest BCUT2D eigenvalue weighted by Gasteiger charge is -2.37. The van der Waals surface area contributed by atoms with Gasteiger partial charge in [0.1, 0.15) is 30.2 Å². The second kappa shape index (κ2) is 18.0. The van der Waals surface area contributed by atoms with Gasteiger partial charge in [-0.3, -0.25) is 9.78 Å². The Kier molecular flexibility index (Phi) is 13.5. The summed E-state index contributed by atoms with van der Waals surface area (Å²) in [5, 5.41) is 50.9. The van der Waals surface area contributed by atoms with Crippen LogP contribution in [0.4, 0.5) is 0 Å². The minimum absolute atomic E-state index is 0.0400. The first-order valence-corrected chi connectivity index (χ1v) is 19.7. The number of aliphatic hydroxyl groups is 5. The lowest BCUT2D eigenvalue weighted by atomic mass is 9.84. The van der Waals surface area contributed by atoms with Crippen molar-refractivity contribution < 1.29 is 39.8 Å². The monoisotopic (exact) mass is 750 g/mol. The molecule has 53 heavy (non-hydrogen) atoms. The highest BCUT2D eigenvalue weighted by molar-refractivity contribution is 6.31. The minimum Gasteiger partial charge on any atom is -0.490 e. The van der Waals surface area contributed by atoms with E-state index in [1.807, 2.05) is 24.5 Å². The summed E-state index contributed by atoms with van der Waals surface area (Å²) in [6, 6.07) is 16.5. The van der Waals surface area contributed by atoms with E-state index in [2.05, 4.69) is 48.3 Å². The third-order valence-corrected chi connectivity index (χ3v) is 11.8. The van der Waals surface area contributed by atoms with Gasteiger partial charge in [-0.15, -0.1) is 0 Å². The summed E-state index contributed by atoms with van der Waals surface area (Å²) in [6.45, 7) is 2.18. The molecule has 3 aliphatic rings. The van der Waals surface area contributed by atoms with E-state index in [1.54, 1.807) is 4.90 Å². The largest absolute Gasteiger partial charge is 0.490 e. The Labute approximate surface area is 317 Å². The van der Waals surface area contributed by atoms with E-state index in [0.717, 1.165) is 66.8 Å². The van der Waals surface area contributed by atoms with Crippen molar-refractivity contribution in [3.8, 4) is 16.9 Å². The van der Waals surface area contributed by atoms with Crippen molar-refractivity contribution in [3.05, 3.63) is 82.6 Å². The van der Waals surface area contributed by atoms with Crippen molar-refractivity contribution in [1.29, 1.82) is 0 Å². The van der Waals surface area contributed by atoms with Crippen molar-refractivity contribution in [1.82, 2.24) is 9.88 Å². The molecule has 1 saturated heterocycles. The van der Waals surface area contributed by atoms with Crippen LogP contribution in [-0.2, 0) is 21.4 Å². The summed E-state index contributed by atoms with van der Waals surface area (Å²) in [6.07, 6.45) is 6.72. The molecule has 5 atom stereocenters. The lowest BCUT2D eigenvalue weighted by Crippen LogP contribution is -2.53. The first kappa shape index (κ1) is 39.6. The fraction of sp³-hybridized carbons (Fsp3) is 0.571. The molecule has 1 unspecified atom stereocenters. The maximum Gasteiger partial charge on any atom is 0.222 e. The van der Waals surface area contributed by atoms with E-state index < -0.39 is 31.0 Å². The van der Waals surface area contributed by atoms with Gasteiger partial charge in [0.15, 0.2) is 0 Å². The molecule has 5 N–H and O–H groups in total. The molecule has 10 nitrogen and oxygen atoms in total. The van der Waals surface area contributed by atoms with Crippen LogP contribution in [0.1, 0.15) is 93.7 Å². The highest BCUT2D eigenvalue weighted by Gasteiger charge is 2.45. The molecule has 0 bridgehead atoms. The number of amides is 1. The molecule has 1 amide bonds. The molecule has 1 aromatic heterocycles. The van der Waals surface area contributed by atoms with Gasteiger partial charge in [-0.05, 0) is 116 Å². The van der Waals surface area contributed by atoms with E-state index in [1.165, 1.54) is 16.7 Å². The number of carbonyl (C=O) groups is 1. The predicted molar refractivity (Wildman–Crippen MR) is 203 cm³/mol. The summed E-state index contributed by atoms with van der Waals surface area (Å²) >= 11 is 6.79. The van der Waals surface area contributed by atoms with Gasteiger partial charge >= 0.3 is 0 Å². The molecule has 0 spiro atoms. The molecule has 11 heteroatoms. The number of hydrogen-bond acceptors (Lipinski definition) is 9. The van der Waals surface area contributed by atoms with Crippen LogP contribution >= 0.6 is 11.6 Å². The van der Waals surface area contributed by atoms with Crippen LogP contribution in [0.25, 0.3) is 11.1 Å². The number of aromatic nitrogens is 1. The number of nitrogens with zero attached hydrogens (tertiary/aromatic N) is 2. The number of pyridine rings is 1. The number of halogens is 1. The fourth-order valence-electron chi connectivity index (χ4n) is 7.67. The van der Waals surface area contributed by atoms with Gasteiger partial charge in [0.2, 0.25) is 5.91 Å². The number of carbonyl (C=O) groups excluding carboxylic acids is 1. The van der Waals surface area contributed by atoms with Gasteiger partial charge in [0, 0.05) is 55.2 Å². The summed E-state index contributed by atoms with van der Waals surface area (Å²) in [5.74, 6) is 0.975. The number of aryl methyl sites for hydroxylation is 1. The second-order valence-corrected chi connectivity index (χ2v) is 15.8. The molecule has 288 valence electrons. The summed E-state index contributed by atoms with van der Waals surface area (Å²) in [7, 11) is 0. The topological polar surface area (TPSA) is 153 Å². The molecule has 2 aromatic carbocycles. The first-order chi connectivity index (χ1) is 25.6. The average Bonchev–Trinajstić information content (AvgIpc) is 4.14. The smallest absolute Gasteiger partial charge is 0.222 e. The summed E-state index contributed by atoms with van der Waals surface area (Å²) < 4.78 is 11.8. The van der Waals surface area contributed by atoms with Crippen LogP contribution in [0.2, 0.25) is 5.02 Å². The van der Waals surface area contributed by atoms with Crippen LogP contribution in [0.15, 0.2) is 60.9 Å². The second-order valence-electron chi connectivity index (χ2n) is 15.3. The van der Waals surface area contributed by atoms with E-state index >= 15 is 0 Å². The van der Waals surface area contributed by atoms with E-state index in [0.29, 0.717) is 38.6 Å². The van der Waals surface area contributed by atoms with Gasteiger partial charge in [-0.1, -0.05) is 48.9 Å². The molecule has 2 heterocycles. The zero-order chi connectivity index (χ0) is 37.5. The van der Waals surface area contributed by atoms with Gasteiger partial charge in [-0.25, -0.2) is 0 Å². The molecule has 2 aliphatic carbocycles. The van der Waals surface area contributed by atoms with Crippen LogP contribution < -0.4 is 4.74 Å². The third kappa shape index (κ3) is 9.97. The number of para-hydroxylation sites is 1. The van der Waals surface area contributed by atoms with E-state index in [4.69, 9.17) is 26.2 Å². The quantitative estimate of drug-likeness (QED) is 0.110. The molecule has 0 radical (unpaired) electrons. The Balaban J connectivity index is 1.07. The van der Waals surface area contributed by atoms with Crippen molar-refractivity contribution >= 4 is 17.5 Å². The molecular weight excluding hydrogens is 696 g/mol. The molecule has 6 rings (SSSR count). The van der Waals surface area contributed by atoms with Crippen LogP contribution in [0.5, 0.6) is 5.75 Å². The number of aliphatic hydroxyl groups excluding tert-OH is 5. The van der Waals surface area contributed by atoms with Gasteiger partial charge < -0.3 is 39.9 Å². The first-order valence-electron chi connectivity index (χ1n) is 19.3. The number of rotatable bonds is 19. The minimum atomic E-state index is -1.75. The van der Waals surface area contributed by atoms with E-state index in [9.17, 15) is 25.2 Å². The Hall–Kier alpha value is -3.09. The number of benzene rings is 2. The zero-order valence-corrected chi connectivity index (χ0v) is 31.4. The fourth-order valence-corrected chi connectivity index (χ4v) is 7.89. The van der Waals surface area contributed by atoms with E-state index in [-0.39, 0.29) is 36.2 Å². The molecule has 2 saturated carbocycles. The molecular formula is C42H55ClN2O8. The van der Waals surface area contributed by atoms with Gasteiger partial charge in [0.05, 0.1) is 12.7 Å². The number of hydrogen-bond donors (Lipinski definition) is 5. The predicted octanol–water partition coefficient (Wildman–Crippen LogP) is 5.32. The Morgan fingerprint density at radius 3 is 2.45 bits per heavy atom. The SMILES string of the molecule is CC(CCCC(=O)N(C[C@@H](O)[C@H](O)[C@@H](O)[C@@H](O)CO)C1CCOCC1)c1ccc(Cl)c(CCC2(c3cnccc3-c3ccccc3OC3CC3)CC2)c1. The van der Waals surface area contributed by atoms with Crippen molar-refractivity contribution in [3.63, 3.8) is 0 Å². The van der Waals surface area contributed by atoms with Crippen LogP contribution in [-0.4, -0.2) is 104 Å². The normalized spacial score (nSPS) is 19.9. The number of ether oxygens (including phenoxy) is 2. The van der Waals surface area contributed by atoms with Gasteiger partial charge in [0.25, 0.3) is 0 Å². The van der Waals surface area contributed by atoms with Crippen molar-refractivity contribution in [2.45, 2.75) is 125 Å². The van der Waals surface area contributed by atoms with Crippen LogP contribution in [0, 0.1) is 0 Å². The highest BCUT2D eigenvalue weighted by atomic mass is 35.5.